The van der Waals surface area contributed by atoms with Gasteiger partial charge in [0.1, 0.15) is 6.17 Å². The smallest absolute Gasteiger partial charge is 0.303 e. The van der Waals surface area contributed by atoms with Crippen LogP contribution in [0.5, 0.6) is 0 Å². The number of rotatable bonds is 2. The topological polar surface area (TPSA) is 71.4 Å². The monoisotopic (exact) mass is 210 g/mol. The Balaban J connectivity index is 2.66. The van der Waals surface area contributed by atoms with E-state index < -0.39 is 34.3 Å². The number of halogens is 1. The van der Waals surface area contributed by atoms with Crippen LogP contribution in [0.3, 0.4) is 0 Å². The van der Waals surface area contributed by atoms with Gasteiger partial charge in [-0.1, -0.05) is 0 Å². The van der Waals surface area contributed by atoms with Crippen LogP contribution in [0.15, 0.2) is 0 Å². The lowest BCUT2D eigenvalue weighted by Crippen LogP contribution is -2.35. The van der Waals surface area contributed by atoms with Crippen molar-refractivity contribution in [3.05, 3.63) is 0 Å². The minimum atomic E-state index is -3.21. The lowest BCUT2D eigenvalue weighted by atomic mass is 10.00. The van der Waals surface area contributed by atoms with Crippen LogP contribution in [0, 0.1) is 5.92 Å². The largest absolute Gasteiger partial charge is 0.481 e. The van der Waals surface area contributed by atoms with Gasteiger partial charge < -0.3 is 5.11 Å². The van der Waals surface area contributed by atoms with Gasteiger partial charge in [-0.15, -0.1) is 0 Å². The lowest BCUT2D eigenvalue weighted by Gasteiger charge is -2.24. The highest BCUT2D eigenvalue weighted by molar-refractivity contribution is 7.91. The molecule has 0 saturated carbocycles. The first kappa shape index (κ1) is 10.4. The van der Waals surface area contributed by atoms with Gasteiger partial charge in [-0.05, 0) is 6.42 Å². The highest BCUT2D eigenvalue weighted by atomic mass is 32.2. The predicted molar refractivity (Wildman–Crippen MR) is 43.9 cm³/mol. The van der Waals surface area contributed by atoms with Crippen LogP contribution < -0.4 is 0 Å². The van der Waals surface area contributed by atoms with Gasteiger partial charge in [0.05, 0.1) is 17.9 Å². The van der Waals surface area contributed by atoms with Crippen molar-refractivity contribution >= 4 is 15.8 Å². The van der Waals surface area contributed by atoms with Crippen molar-refractivity contribution in [1.82, 2.24) is 0 Å². The number of hydrogen-bond donors (Lipinski definition) is 1. The van der Waals surface area contributed by atoms with E-state index in [1.165, 1.54) is 0 Å². The van der Waals surface area contributed by atoms with E-state index in [-0.39, 0.29) is 17.9 Å². The molecular formula is C7H11FO4S. The molecule has 1 aliphatic rings. The Morgan fingerprint density at radius 2 is 2.15 bits per heavy atom. The zero-order valence-electron chi connectivity index (χ0n) is 6.94. The first-order valence-electron chi connectivity index (χ1n) is 3.97. The molecular weight excluding hydrogens is 199 g/mol. The number of hydrogen-bond acceptors (Lipinski definition) is 3. The van der Waals surface area contributed by atoms with Crippen LogP contribution in [-0.2, 0) is 14.6 Å². The molecule has 1 aliphatic heterocycles. The average molecular weight is 210 g/mol. The summed E-state index contributed by atoms with van der Waals surface area (Å²) in [6.45, 7) is 0. The molecule has 0 bridgehead atoms. The summed E-state index contributed by atoms with van der Waals surface area (Å²) < 4.78 is 35.1. The van der Waals surface area contributed by atoms with E-state index in [2.05, 4.69) is 0 Å². The van der Waals surface area contributed by atoms with Gasteiger partial charge in [0.25, 0.3) is 0 Å². The summed E-state index contributed by atoms with van der Waals surface area (Å²) in [4.78, 5) is 10.3. The van der Waals surface area contributed by atoms with Crippen molar-refractivity contribution in [2.45, 2.75) is 19.0 Å². The highest BCUT2D eigenvalue weighted by Gasteiger charge is 2.34. The molecule has 0 radical (unpaired) electrons. The van der Waals surface area contributed by atoms with E-state index in [0.29, 0.717) is 0 Å². The Hall–Kier alpha value is -0.650. The van der Waals surface area contributed by atoms with Crippen LogP contribution in [0.1, 0.15) is 12.8 Å². The zero-order valence-corrected chi connectivity index (χ0v) is 7.76. The number of aliphatic carboxylic acids is 1. The molecule has 0 aromatic heterocycles. The summed E-state index contributed by atoms with van der Waals surface area (Å²) in [5, 5.41) is 8.39. The molecule has 1 heterocycles. The summed E-state index contributed by atoms with van der Waals surface area (Å²) in [6, 6.07) is 0. The first-order valence-corrected chi connectivity index (χ1v) is 5.79. The second kappa shape index (κ2) is 3.61. The molecule has 0 aromatic rings. The molecule has 76 valence electrons. The maximum atomic E-state index is 13.0. The summed E-state index contributed by atoms with van der Waals surface area (Å²) in [5.74, 6) is -2.51. The van der Waals surface area contributed by atoms with E-state index in [1.54, 1.807) is 0 Å². The standard InChI is InChI=1S/C7H11FO4S/c8-6-1-2-13(11,12)4-5(6)3-7(9)10/h5-6H,1-4H2,(H,9,10)/t5-,6-/m1/s1. The fourth-order valence-electron chi connectivity index (χ4n) is 1.45. The molecule has 0 spiro atoms. The molecule has 1 saturated heterocycles. The van der Waals surface area contributed by atoms with E-state index >= 15 is 0 Å². The third-order valence-corrected chi connectivity index (χ3v) is 3.91. The molecule has 1 N–H and O–H groups in total. The summed E-state index contributed by atoms with van der Waals surface area (Å²) in [6.07, 6.45) is -1.76. The van der Waals surface area contributed by atoms with E-state index in [4.69, 9.17) is 5.11 Å². The van der Waals surface area contributed by atoms with E-state index in [1.807, 2.05) is 0 Å². The minimum Gasteiger partial charge on any atom is -0.481 e. The third kappa shape index (κ3) is 2.95. The molecule has 4 nitrogen and oxygen atoms in total. The Kier molecular flexibility index (Phi) is 2.90. The molecule has 0 unspecified atom stereocenters. The van der Waals surface area contributed by atoms with Gasteiger partial charge in [-0.3, -0.25) is 4.79 Å². The summed E-state index contributed by atoms with van der Waals surface area (Å²) in [5.41, 5.74) is 0. The molecule has 1 rings (SSSR count). The van der Waals surface area contributed by atoms with Gasteiger partial charge in [0, 0.05) is 5.92 Å². The second-order valence-electron chi connectivity index (χ2n) is 3.28. The Labute approximate surface area is 75.7 Å². The number of carboxylic acid groups (broad SMARTS) is 1. The van der Waals surface area contributed by atoms with Crippen molar-refractivity contribution < 1.29 is 22.7 Å². The quantitative estimate of drug-likeness (QED) is 0.708. The fourth-order valence-corrected chi connectivity index (χ4v) is 3.18. The summed E-state index contributed by atoms with van der Waals surface area (Å²) >= 11 is 0. The van der Waals surface area contributed by atoms with Gasteiger partial charge >= 0.3 is 5.97 Å². The maximum absolute atomic E-state index is 13.0. The van der Waals surface area contributed by atoms with Crippen molar-refractivity contribution in [1.29, 1.82) is 0 Å². The molecule has 1 fully saturated rings. The Morgan fingerprint density at radius 1 is 1.54 bits per heavy atom. The minimum absolute atomic E-state index is 0.0692. The molecule has 0 amide bonds. The first-order chi connectivity index (χ1) is 5.91. The van der Waals surface area contributed by atoms with Crippen LogP contribution in [0.4, 0.5) is 4.39 Å². The number of carbonyl (C=O) groups is 1. The van der Waals surface area contributed by atoms with Gasteiger partial charge in [-0.2, -0.15) is 0 Å². The SMILES string of the molecule is O=C(O)C[C@@H]1CS(=O)(=O)CC[C@H]1F. The Bertz CT molecular complexity index is 298. The predicted octanol–water partition coefficient (Wildman–Crippen LogP) is 0.234. The molecule has 6 heteroatoms. The molecule has 2 atom stereocenters. The second-order valence-corrected chi connectivity index (χ2v) is 5.51. The number of carboxylic acids is 1. The van der Waals surface area contributed by atoms with Crippen LogP contribution in [-0.4, -0.2) is 37.2 Å². The van der Waals surface area contributed by atoms with Crippen molar-refractivity contribution in [3.63, 3.8) is 0 Å². The third-order valence-electron chi connectivity index (χ3n) is 2.12. The summed E-state index contributed by atoms with van der Waals surface area (Å²) in [7, 11) is -3.21. The van der Waals surface area contributed by atoms with E-state index in [9.17, 15) is 17.6 Å². The molecule has 0 aliphatic carbocycles. The highest BCUT2D eigenvalue weighted by Crippen LogP contribution is 2.24. The lowest BCUT2D eigenvalue weighted by molar-refractivity contribution is -0.138. The molecule has 13 heavy (non-hydrogen) atoms. The van der Waals surface area contributed by atoms with Gasteiger partial charge in [0.2, 0.25) is 0 Å². The van der Waals surface area contributed by atoms with Crippen LogP contribution in [0.25, 0.3) is 0 Å². The number of sulfone groups is 1. The van der Waals surface area contributed by atoms with Crippen molar-refractivity contribution in [3.8, 4) is 0 Å². The van der Waals surface area contributed by atoms with Crippen LogP contribution >= 0.6 is 0 Å². The average Bonchev–Trinajstić information content (AvgIpc) is 1.95. The van der Waals surface area contributed by atoms with Gasteiger partial charge in [-0.25, -0.2) is 12.8 Å². The maximum Gasteiger partial charge on any atom is 0.303 e. The molecule has 0 aromatic carbocycles. The van der Waals surface area contributed by atoms with E-state index in [0.717, 1.165) is 0 Å². The van der Waals surface area contributed by atoms with Crippen molar-refractivity contribution in [2.75, 3.05) is 11.5 Å². The van der Waals surface area contributed by atoms with Crippen molar-refractivity contribution in [2.24, 2.45) is 5.92 Å². The fraction of sp³-hybridized carbons (Fsp3) is 0.857. The Morgan fingerprint density at radius 3 is 2.69 bits per heavy atom. The zero-order chi connectivity index (χ0) is 10.1. The van der Waals surface area contributed by atoms with Crippen LogP contribution in [0.2, 0.25) is 0 Å². The number of alkyl halides is 1. The normalized spacial score (nSPS) is 32.7. The van der Waals surface area contributed by atoms with Gasteiger partial charge in [0.15, 0.2) is 9.84 Å².